The first-order valence-corrected chi connectivity index (χ1v) is 6.97. The molecule has 0 aliphatic carbocycles. The molecule has 0 unspecified atom stereocenters. The summed E-state index contributed by atoms with van der Waals surface area (Å²) in [6.45, 7) is 2.61. The van der Waals surface area contributed by atoms with Gasteiger partial charge >= 0.3 is 0 Å². The van der Waals surface area contributed by atoms with E-state index in [9.17, 15) is 0 Å². The summed E-state index contributed by atoms with van der Waals surface area (Å²) in [5.41, 5.74) is 8.60. The Kier molecular flexibility index (Phi) is 4.30. The molecular formula is C14H17ClN4S. The number of nitrogens with zero attached hydrogens (tertiary/aromatic N) is 3. The molecule has 0 saturated heterocycles. The number of rotatable bonds is 4. The summed E-state index contributed by atoms with van der Waals surface area (Å²) in [7, 11) is 3.87. The van der Waals surface area contributed by atoms with E-state index in [4.69, 9.17) is 29.6 Å². The third kappa shape index (κ3) is 2.94. The van der Waals surface area contributed by atoms with Crippen molar-refractivity contribution < 1.29 is 0 Å². The summed E-state index contributed by atoms with van der Waals surface area (Å²) in [5.74, 6) is 0.912. The number of thiocarbonyl (C=S) groups is 1. The van der Waals surface area contributed by atoms with E-state index in [1.54, 1.807) is 4.68 Å². The topological polar surface area (TPSA) is 47.1 Å². The van der Waals surface area contributed by atoms with E-state index in [1.807, 2.05) is 45.3 Å². The third-order valence-corrected chi connectivity index (χ3v) is 3.55. The molecule has 0 aliphatic heterocycles. The second kappa shape index (κ2) is 5.81. The summed E-state index contributed by atoms with van der Waals surface area (Å²) in [5, 5.41) is 5.12. The van der Waals surface area contributed by atoms with Crippen LogP contribution >= 0.6 is 23.8 Å². The first-order valence-electron chi connectivity index (χ1n) is 6.19. The Morgan fingerprint density at radius 3 is 2.80 bits per heavy atom. The summed E-state index contributed by atoms with van der Waals surface area (Å²) in [4.78, 5) is 2.43. The fourth-order valence-corrected chi connectivity index (χ4v) is 2.81. The third-order valence-electron chi connectivity index (χ3n) is 3.11. The lowest BCUT2D eigenvalue weighted by Gasteiger charge is -2.21. The van der Waals surface area contributed by atoms with Gasteiger partial charge in [0.25, 0.3) is 0 Å². The number of anilines is 1. The summed E-state index contributed by atoms with van der Waals surface area (Å²) in [6.07, 6.45) is 0. The SMILES string of the molecule is Cc1nn(C)c(N(C)Cc2cccc(Cl)c2)c1C(N)=S. The van der Waals surface area contributed by atoms with E-state index in [2.05, 4.69) is 10.00 Å². The van der Waals surface area contributed by atoms with E-state index < -0.39 is 0 Å². The van der Waals surface area contributed by atoms with Gasteiger partial charge in [0, 0.05) is 25.7 Å². The molecule has 20 heavy (non-hydrogen) atoms. The highest BCUT2D eigenvalue weighted by molar-refractivity contribution is 7.80. The molecule has 0 aliphatic rings. The van der Waals surface area contributed by atoms with Crippen LogP contribution in [0.4, 0.5) is 5.82 Å². The van der Waals surface area contributed by atoms with Crippen molar-refractivity contribution in [1.29, 1.82) is 0 Å². The zero-order valence-electron chi connectivity index (χ0n) is 11.7. The Balaban J connectivity index is 2.34. The molecule has 1 aromatic carbocycles. The molecule has 2 aromatic rings. The lowest BCUT2D eigenvalue weighted by Crippen LogP contribution is -2.23. The van der Waals surface area contributed by atoms with Crippen molar-refractivity contribution in [3.8, 4) is 0 Å². The van der Waals surface area contributed by atoms with Crippen LogP contribution in [0.3, 0.4) is 0 Å². The van der Waals surface area contributed by atoms with Crippen LogP contribution in [0, 0.1) is 6.92 Å². The fraction of sp³-hybridized carbons (Fsp3) is 0.286. The van der Waals surface area contributed by atoms with Gasteiger partial charge in [-0.25, -0.2) is 0 Å². The number of aromatic nitrogens is 2. The Morgan fingerprint density at radius 1 is 1.50 bits per heavy atom. The molecule has 4 nitrogen and oxygen atoms in total. The molecule has 0 saturated carbocycles. The van der Waals surface area contributed by atoms with Crippen LogP contribution < -0.4 is 10.6 Å². The lowest BCUT2D eigenvalue weighted by molar-refractivity contribution is 0.726. The summed E-state index contributed by atoms with van der Waals surface area (Å²) >= 11 is 11.1. The largest absolute Gasteiger partial charge is 0.389 e. The normalized spacial score (nSPS) is 10.6. The molecule has 0 radical (unpaired) electrons. The molecule has 0 atom stereocenters. The monoisotopic (exact) mass is 308 g/mol. The Morgan fingerprint density at radius 2 is 2.20 bits per heavy atom. The Bertz CT molecular complexity index is 651. The molecule has 2 N–H and O–H groups in total. The molecule has 1 aromatic heterocycles. The number of hydrogen-bond acceptors (Lipinski definition) is 3. The molecule has 0 fully saturated rings. The Labute approximate surface area is 129 Å². The van der Waals surface area contributed by atoms with Gasteiger partial charge < -0.3 is 10.6 Å². The predicted octanol–water partition coefficient (Wildman–Crippen LogP) is 2.65. The fourth-order valence-electron chi connectivity index (χ4n) is 2.36. The van der Waals surface area contributed by atoms with Crippen LogP contribution in [0.5, 0.6) is 0 Å². The molecule has 2 rings (SSSR count). The van der Waals surface area contributed by atoms with Crippen molar-refractivity contribution in [2.45, 2.75) is 13.5 Å². The van der Waals surface area contributed by atoms with Crippen molar-refractivity contribution >= 4 is 34.6 Å². The summed E-state index contributed by atoms with van der Waals surface area (Å²) < 4.78 is 1.80. The maximum atomic E-state index is 6.01. The first kappa shape index (κ1) is 14.8. The van der Waals surface area contributed by atoms with Crippen molar-refractivity contribution in [2.75, 3.05) is 11.9 Å². The molecular weight excluding hydrogens is 292 g/mol. The van der Waals surface area contributed by atoms with Crippen LogP contribution in [0.15, 0.2) is 24.3 Å². The van der Waals surface area contributed by atoms with Gasteiger partial charge in [-0.05, 0) is 24.6 Å². The number of aryl methyl sites for hydroxylation is 2. The molecule has 1 heterocycles. The number of benzene rings is 1. The highest BCUT2D eigenvalue weighted by Crippen LogP contribution is 2.24. The molecule has 0 bridgehead atoms. The smallest absolute Gasteiger partial charge is 0.137 e. The van der Waals surface area contributed by atoms with Crippen LogP contribution in [0.2, 0.25) is 5.02 Å². The molecule has 0 spiro atoms. The minimum atomic E-state index is 0.364. The maximum absolute atomic E-state index is 6.01. The molecule has 0 amide bonds. The van der Waals surface area contributed by atoms with Crippen LogP contribution in [0.25, 0.3) is 0 Å². The van der Waals surface area contributed by atoms with Crippen LogP contribution in [0.1, 0.15) is 16.8 Å². The standard InChI is InChI=1S/C14H17ClN4S/c1-9-12(13(16)20)14(19(3)17-9)18(2)8-10-5-4-6-11(15)7-10/h4-7H,8H2,1-3H3,(H2,16,20). The average Bonchev–Trinajstić information content (AvgIpc) is 2.64. The zero-order valence-corrected chi connectivity index (χ0v) is 13.3. The second-order valence-corrected chi connectivity index (χ2v) is 5.63. The quantitative estimate of drug-likeness (QED) is 0.882. The minimum absolute atomic E-state index is 0.364. The van der Waals surface area contributed by atoms with Crippen molar-refractivity contribution in [1.82, 2.24) is 9.78 Å². The van der Waals surface area contributed by atoms with Gasteiger partial charge in [0.1, 0.15) is 10.8 Å². The zero-order chi connectivity index (χ0) is 14.9. The van der Waals surface area contributed by atoms with Crippen LogP contribution in [-0.2, 0) is 13.6 Å². The van der Waals surface area contributed by atoms with E-state index in [0.29, 0.717) is 11.5 Å². The average molecular weight is 309 g/mol. The summed E-state index contributed by atoms with van der Waals surface area (Å²) in [6, 6.07) is 7.78. The Hall–Kier alpha value is -1.59. The molecule has 106 valence electrons. The first-order chi connectivity index (χ1) is 9.40. The van der Waals surface area contributed by atoms with Crippen LogP contribution in [-0.4, -0.2) is 21.8 Å². The van der Waals surface area contributed by atoms with E-state index in [-0.39, 0.29) is 0 Å². The number of halogens is 1. The lowest BCUT2D eigenvalue weighted by atomic mass is 10.2. The number of nitrogens with two attached hydrogens (primary N) is 1. The van der Waals surface area contributed by atoms with Gasteiger partial charge in [-0.15, -0.1) is 0 Å². The highest BCUT2D eigenvalue weighted by atomic mass is 35.5. The van der Waals surface area contributed by atoms with Gasteiger partial charge in [0.05, 0.1) is 11.3 Å². The highest BCUT2D eigenvalue weighted by Gasteiger charge is 2.19. The maximum Gasteiger partial charge on any atom is 0.137 e. The molecule has 6 heteroatoms. The van der Waals surface area contributed by atoms with Gasteiger partial charge in [-0.1, -0.05) is 36.0 Å². The van der Waals surface area contributed by atoms with E-state index in [1.165, 1.54) is 0 Å². The minimum Gasteiger partial charge on any atom is -0.389 e. The van der Waals surface area contributed by atoms with Crippen molar-refractivity contribution in [3.63, 3.8) is 0 Å². The van der Waals surface area contributed by atoms with Gasteiger partial charge in [0.2, 0.25) is 0 Å². The van der Waals surface area contributed by atoms with Gasteiger partial charge in [0.15, 0.2) is 0 Å². The van der Waals surface area contributed by atoms with Crippen molar-refractivity contribution in [3.05, 3.63) is 46.1 Å². The second-order valence-electron chi connectivity index (χ2n) is 4.76. The van der Waals surface area contributed by atoms with Gasteiger partial charge in [-0.3, -0.25) is 4.68 Å². The van der Waals surface area contributed by atoms with Crippen molar-refractivity contribution in [2.24, 2.45) is 12.8 Å². The number of hydrogen-bond donors (Lipinski definition) is 1. The van der Waals surface area contributed by atoms with E-state index in [0.717, 1.165) is 27.7 Å². The predicted molar refractivity (Wildman–Crippen MR) is 87.4 cm³/mol. The van der Waals surface area contributed by atoms with Gasteiger partial charge in [-0.2, -0.15) is 5.10 Å². The van der Waals surface area contributed by atoms with E-state index >= 15 is 0 Å².